The molecular formula is C8H12N2O2. The predicted molar refractivity (Wildman–Crippen MR) is 42.5 cm³/mol. The second-order valence-electron chi connectivity index (χ2n) is 3.38. The highest BCUT2D eigenvalue weighted by atomic mass is 16.2. The highest BCUT2D eigenvalue weighted by molar-refractivity contribution is 6.03. The fourth-order valence-electron chi connectivity index (χ4n) is 1.93. The highest BCUT2D eigenvalue weighted by Crippen LogP contribution is 2.25. The van der Waals surface area contributed by atoms with Gasteiger partial charge in [0.05, 0.1) is 0 Å². The number of fused-ring (bicyclic) bond motifs is 1. The Morgan fingerprint density at radius 3 is 2.75 bits per heavy atom. The van der Waals surface area contributed by atoms with Crippen molar-refractivity contribution in [2.45, 2.75) is 25.3 Å². The Balaban J connectivity index is 2.25. The number of carbonyl (C=O) groups is 2. The van der Waals surface area contributed by atoms with Gasteiger partial charge in [0.15, 0.2) is 0 Å². The van der Waals surface area contributed by atoms with Crippen LogP contribution in [0.4, 0.5) is 4.79 Å². The summed E-state index contributed by atoms with van der Waals surface area (Å²) in [5, 5.41) is 0. The summed E-state index contributed by atoms with van der Waals surface area (Å²) in [6, 6.07) is -0.263. The van der Waals surface area contributed by atoms with E-state index in [2.05, 4.69) is 0 Å². The third kappa shape index (κ3) is 0.838. The second kappa shape index (κ2) is 2.47. The molecule has 2 aliphatic heterocycles. The lowest BCUT2D eigenvalue weighted by molar-refractivity contribution is -0.127. The zero-order valence-electron chi connectivity index (χ0n) is 7.12. The third-order valence-corrected chi connectivity index (χ3v) is 2.65. The number of imide groups is 1. The fourth-order valence-corrected chi connectivity index (χ4v) is 1.93. The number of piperidine rings is 1. The van der Waals surface area contributed by atoms with E-state index in [0.29, 0.717) is 0 Å². The predicted octanol–water partition coefficient (Wildman–Crippen LogP) is 0.433. The van der Waals surface area contributed by atoms with E-state index in [1.807, 2.05) is 0 Å². The molecule has 66 valence electrons. The summed E-state index contributed by atoms with van der Waals surface area (Å²) in [6.45, 7) is 0.750. The smallest absolute Gasteiger partial charge is 0.312 e. The summed E-state index contributed by atoms with van der Waals surface area (Å²) < 4.78 is 0. The molecule has 0 radical (unpaired) electrons. The zero-order chi connectivity index (χ0) is 8.72. The van der Waals surface area contributed by atoms with Crippen molar-refractivity contribution >= 4 is 11.9 Å². The van der Waals surface area contributed by atoms with Crippen LogP contribution in [0, 0.1) is 0 Å². The van der Waals surface area contributed by atoms with Crippen molar-refractivity contribution in [3.8, 4) is 0 Å². The van der Waals surface area contributed by atoms with Gasteiger partial charge in [0.25, 0.3) is 5.91 Å². The number of hydrogen-bond donors (Lipinski definition) is 0. The topological polar surface area (TPSA) is 40.6 Å². The number of nitrogens with zero attached hydrogens (tertiary/aromatic N) is 2. The summed E-state index contributed by atoms with van der Waals surface area (Å²) >= 11 is 0. The molecular weight excluding hydrogens is 156 g/mol. The largest absolute Gasteiger partial charge is 0.327 e. The lowest BCUT2D eigenvalue weighted by atomic mass is 10.0. The van der Waals surface area contributed by atoms with Gasteiger partial charge in [-0.05, 0) is 19.3 Å². The van der Waals surface area contributed by atoms with Crippen LogP contribution in [-0.4, -0.2) is 41.4 Å². The van der Waals surface area contributed by atoms with E-state index < -0.39 is 0 Å². The maximum absolute atomic E-state index is 11.4. The summed E-state index contributed by atoms with van der Waals surface area (Å²) in [7, 11) is 1.56. The number of urea groups is 1. The second-order valence-corrected chi connectivity index (χ2v) is 3.38. The number of amides is 3. The Bertz CT molecular complexity index is 215. The molecule has 2 aliphatic rings. The molecule has 3 amide bonds. The van der Waals surface area contributed by atoms with Gasteiger partial charge >= 0.3 is 6.03 Å². The van der Waals surface area contributed by atoms with Gasteiger partial charge in [-0.1, -0.05) is 0 Å². The summed E-state index contributed by atoms with van der Waals surface area (Å²) in [5.74, 6) is -0.0281. The van der Waals surface area contributed by atoms with E-state index in [9.17, 15) is 9.59 Å². The SMILES string of the molecule is CN1C(=O)[C@@H]2CCCCN2C1=O. The van der Waals surface area contributed by atoms with Crippen molar-refractivity contribution in [2.75, 3.05) is 13.6 Å². The molecule has 2 rings (SSSR count). The average molecular weight is 168 g/mol. The Morgan fingerprint density at radius 1 is 1.33 bits per heavy atom. The summed E-state index contributed by atoms with van der Waals surface area (Å²) in [4.78, 5) is 25.7. The van der Waals surface area contributed by atoms with E-state index in [-0.39, 0.29) is 18.0 Å². The molecule has 0 aliphatic carbocycles. The lowest BCUT2D eigenvalue weighted by Gasteiger charge is -2.25. The van der Waals surface area contributed by atoms with E-state index in [1.165, 1.54) is 4.90 Å². The fraction of sp³-hybridized carbons (Fsp3) is 0.750. The van der Waals surface area contributed by atoms with E-state index >= 15 is 0 Å². The Kier molecular flexibility index (Phi) is 1.56. The van der Waals surface area contributed by atoms with E-state index in [4.69, 9.17) is 0 Å². The number of hydrogen-bond acceptors (Lipinski definition) is 2. The standard InChI is InChI=1S/C8H12N2O2/c1-9-7(11)6-4-2-3-5-10(6)8(9)12/h6H,2-5H2,1H3/t6-/m0/s1. The minimum absolute atomic E-state index is 0.0281. The molecule has 12 heavy (non-hydrogen) atoms. The van der Waals surface area contributed by atoms with Gasteiger partial charge in [-0.25, -0.2) is 4.79 Å². The first-order valence-electron chi connectivity index (χ1n) is 4.30. The Morgan fingerprint density at radius 2 is 2.08 bits per heavy atom. The monoisotopic (exact) mass is 168 g/mol. The van der Waals surface area contributed by atoms with Gasteiger partial charge in [-0.3, -0.25) is 9.69 Å². The molecule has 4 nitrogen and oxygen atoms in total. The molecule has 0 bridgehead atoms. The maximum atomic E-state index is 11.4. The van der Waals surface area contributed by atoms with Gasteiger partial charge in [-0.15, -0.1) is 0 Å². The van der Waals surface area contributed by atoms with Crippen LogP contribution < -0.4 is 0 Å². The van der Waals surface area contributed by atoms with Crippen molar-refractivity contribution in [1.82, 2.24) is 9.80 Å². The van der Waals surface area contributed by atoms with Crippen LogP contribution in [-0.2, 0) is 4.79 Å². The minimum Gasteiger partial charge on any atom is -0.312 e. The Hall–Kier alpha value is -1.06. The maximum Gasteiger partial charge on any atom is 0.327 e. The minimum atomic E-state index is -0.142. The molecule has 0 unspecified atom stereocenters. The molecule has 4 heteroatoms. The average Bonchev–Trinajstić information content (AvgIpc) is 2.33. The molecule has 0 spiro atoms. The molecule has 0 aromatic heterocycles. The lowest BCUT2D eigenvalue weighted by Crippen LogP contribution is -2.38. The van der Waals surface area contributed by atoms with Crippen molar-refractivity contribution in [1.29, 1.82) is 0 Å². The van der Waals surface area contributed by atoms with Crippen LogP contribution >= 0.6 is 0 Å². The number of carbonyl (C=O) groups excluding carboxylic acids is 2. The van der Waals surface area contributed by atoms with Crippen LogP contribution in [0.5, 0.6) is 0 Å². The van der Waals surface area contributed by atoms with Crippen LogP contribution in [0.15, 0.2) is 0 Å². The first-order valence-corrected chi connectivity index (χ1v) is 4.30. The van der Waals surface area contributed by atoms with E-state index in [1.54, 1.807) is 11.9 Å². The van der Waals surface area contributed by atoms with Crippen LogP contribution in [0.2, 0.25) is 0 Å². The molecule has 2 heterocycles. The molecule has 2 saturated heterocycles. The van der Waals surface area contributed by atoms with Crippen molar-refractivity contribution in [2.24, 2.45) is 0 Å². The van der Waals surface area contributed by atoms with Crippen LogP contribution in [0.3, 0.4) is 0 Å². The number of likely N-dealkylation sites (N-methyl/N-ethyl adjacent to an activating group) is 1. The molecule has 0 aromatic rings. The molecule has 2 fully saturated rings. The molecule has 1 atom stereocenters. The quantitative estimate of drug-likeness (QED) is 0.492. The molecule has 0 saturated carbocycles. The van der Waals surface area contributed by atoms with Gasteiger partial charge < -0.3 is 4.90 Å². The first-order chi connectivity index (χ1) is 5.72. The van der Waals surface area contributed by atoms with Gasteiger partial charge in [0, 0.05) is 13.6 Å². The van der Waals surface area contributed by atoms with Crippen LogP contribution in [0.1, 0.15) is 19.3 Å². The number of rotatable bonds is 0. The van der Waals surface area contributed by atoms with Crippen LogP contribution in [0.25, 0.3) is 0 Å². The summed E-state index contributed by atoms with van der Waals surface area (Å²) in [5.41, 5.74) is 0. The van der Waals surface area contributed by atoms with Gasteiger partial charge in [0.1, 0.15) is 6.04 Å². The Labute approximate surface area is 71.1 Å². The zero-order valence-corrected chi connectivity index (χ0v) is 7.12. The summed E-state index contributed by atoms with van der Waals surface area (Å²) in [6.07, 6.45) is 2.94. The highest BCUT2D eigenvalue weighted by Gasteiger charge is 2.43. The van der Waals surface area contributed by atoms with E-state index in [0.717, 1.165) is 25.8 Å². The normalized spacial score (nSPS) is 29.6. The first kappa shape index (κ1) is 7.58. The van der Waals surface area contributed by atoms with Crippen molar-refractivity contribution < 1.29 is 9.59 Å². The van der Waals surface area contributed by atoms with Crippen molar-refractivity contribution in [3.63, 3.8) is 0 Å². The van der Waals surface area contributed by atoms with Gasteiger partial charge in [-0.2, -0.15) is 0 Å². The van der Waals surface area contributed by atoms with Gasteiger partial charge in [0.2, 0.25) is 0 Å². The van der Waals surface area contributed by atoms with Crippen molar-refractivity contribution in [3.05, 3.63) is 0 Å². The third-order valence-electron chi connectivity index (χ3n) is 2.65. The molecule has 0 N–H and O–H groups in total. The molecule has 0 aromatic carbocycles.